The number of hydrogen-bond donors (Lipinski definition) is 1. The lowest BCUT2D eigenvalue weighted by Gasteiger charge is -2.10. The molecule has 1 atom stereocenters. The van der Waals surface area contributed by atoms with E-state index in [9.17, 15) is 0 Å². The predicted molar refractivity (Wildman–Crippen MR) is 59.6 cm³/mol. The monoisotopic (exact) mass is 207 g/mol. The number of aryl methyl sites for hydroxylation is 1. The highest BCUT2D eigenvalue weighted by atomic mass is 16.5. The molecule has 0 spiro atoms. The molecule has 82 valence electrons. The molecule has 1 unspecified atom stereocenters. The number of fused-ring (bicyclic) bond motifs is 1. The molecule has 3 nitrogen and oxygen atoms in total. The molecule has 0 radical (unpaired) electrons. The summed E-state index contributed by atoms with van der Waals surface area (Å²) in [6.45, 7) is 5.82. The number of hydrogen-bond acceptors (Lipinski definition) is 3. The highest BCUT2D eigenvalue weighted by molar-refractivity contribution is 5.52. The van der Waals surface area contributed by atoms with Crippen LogP contribution in [0.25, 0.3) is 0 Å². The second-order valence-corrected chi connectivity index (χ2v) is 3.81. The number of ether oxygens (including phenoxy) is 2. The van der Waals surface area contributed by atoms with Crippen molar-refractivity contribution in [1.82, 2.24) is 5.32 Å². The fourth-order valence-corrected chi connectivity index (χ4v) is 2.00. The Morgan fingerprint density at radius 3 is 3.00 bits per heavy atom. The summed E-state index contributed by atoms with van der Waals surface area (Å²) in [5, 5.41) is 3.40. The van der Waals surface area contributed by atoms with Gasteiger partial charge in [-0.3, -0.25) is 0 Å². The van der Waals surface area contributed by atoms with Gasteiger partial charge in [0.05, 0.1) is 13.2 Å². The molecule has 1 aromatic rings. The zero-order valence-corrected chi connectivity index (χ0v) is 9.46. The van der Waals surface area contributed by atoms with Crippen molar-refractivity contribution in [1.29, 1.82) is 0 Å². The second kappa shape index (κ2) is 4.11. The minimum Gasteiger partial charge on any atom is -0.493 e. The third kappa shape index (κ3) is 1.79. The van der Waals surface area contributed by atoms with Crippen molar-refractivity contribution in [2.24, 2.45) is 0 Å². The molecular weight excluding hydrogens is 190 g/mol. The molecule has 1 aliphatic rings. The summed E-state index contributed by atoms with van der Waals surface area (Å²) in [5.41, 5.74) is 2.42. The Bertz CT molecular complexity index is 363. The van der Waals surface area contributed by atoms with E-state index in [1.165, 1.54) is 11.1 Å². The summed E-state index contributed by atoms with van der Waals surface area (Å²) >= 11 is 0. The van der Waals surface area contributed by atoms with Crippen LogP contribution in [-0.2, 0) is 0 Å². The van der Waals surface area contributed by atoms with Crippen molar-refractivity contribution in [3.63, 3.8) is 0 Å². The SMILES string of the molecule is CCNC1COc2c(OC)cc(C)cc21. The normalized spacial score (nSPS) is 18.5. The third-order valence-electron chi connectivity index (χ3n) is 2.67. The minimum atomic E-state index is 0.304. The average Bonchev–Trinajstić information content (AvgIpc) is 2.61. The van der Waals surface area contributed by atoms with E-state index in [0.717, 1.165) is 18.0 Å². The van der Waals surface area contributed by atoms with Crippen LogP contribution in [0.15, 0.2) is 12.1 Å². The highest BCUT2D eigenvalue weighted by Gasteiger charge is 2.26. The Balaban J connectivity index is 2.39. The number of benzene rings is 1. The summed E-state index contributed by atoms with van der Waals surface area (Å²) < 4.78 is 11.0. The summed E-state index contributed by atoms with van der Waals surface area (Å²) in [4.78, 5) is 0. The van der Waals surface area contributed by atoms with E-state index in [1.54, 1.807) is 7.11 Å². The molecule has 0 amide bonds. The number of likely N-dealkylation sites (N-methyl/N-ethyl adjacent to an activating group) is 1. The molecule has 1 aromatic carbocycles. The van der Waals surface area contributed by atoms with Gasteiger partial charge in [-0.25, -0.2) is 0 Å². The fraction of sp³-hybridized carbons (Fsp3) is 0.500. The van der Waals surface area contributed by atoms with Gasteiger partial charge in [-0.2, -0.15) is 0 Å². The topological polar surface area (TPSA) is 30.5 Å². The maximum Gasteiger partial charge on any atom is 0.166 e. The van der Waals surface area contributed by atoms with Crippen LogP contribution in [0.2, 0.25) is 0 Å². The first-order chi connectivity index (χ1) is 7.26. The van der Waals surface area contributed by atoms with Crippen molar-refractivity contribution in [3.05, 3.63) is 23.3 Å². The Kier molecular flexibility index (Phi) is 2.82. The molecule has 1 aliphatic heterocycles. The minimum absolute atomic E-state index is 0.304. The predicted octanol–water partition coefficient (Wildman–Crippen LogP) is 2.05. The molecule has 0 saturated carbocycles. The summed E-state index contributed by atoms with van der Waals surface area (Å²) in [7, 11) is 1.68. The lowest BCUT2D eigenvalue weighted by atomic mass is 10.1. The van der Waals surface area contributed by atoms with Crippen LogP contribution in [-0.4, -0.2) is 20.3 Å². The summed E-state index contributed by atoms with van der Waals surface area (Å²) in [6, 6.07) is 4.48. The zero-order valence-electron chi connectivity index (χ0n) is 9.46. The Hall–Kier alpha value is -1.22. The van der Waals surface area contributed by atoms with Crippen LogP contribution in [0.3, 0.4) is 0 Å². The molecule has 0 bridgehead atoms. The van der Waals surface area contributed by atoms with E-state index < -0.39 is 0 Å². The van der Waals surface area contributed by atoms with Gasteiger partial charge < -0.3 is 14.8 Å². The van der Waals surface area contributed by atoms with Crippen molar-refractivity contribution in [2.45, 2.75) is 19.9 Å². The van der Waals surface area contributed by atoms with Crippen LogP contribution >= 0.6 is 0 Å². The third-order valence-corrected chi connectivity index (χ3v) is 2.67. The highest BCUT2D eigenvalue weighted by Crippen LogP contribution is 2.40. The first kappa shape index (κ1) is 10.3. The Morgan fingerprint density at radius 2 is 2.33 bits per heavy atom. The van der Waals surface area contributed by atoms with E-state index >= 15 is 0 Å². The van der Waals surface area contributed by atoms with E-state index in [4.69, 9.17) is 9.47 Å². The fourth-order valence-electron chi connectivity index (χ4n) is 2.00. The largest absolute Gasteiger partial charge is 0.493 e. The first-order valence-electron chi connectivity index (χ1n) is 5.31. The smallest absolute Gasteiger partial charge is 0.166 e. The van der Waals surface area contributed by atoms with Crippen LogP contribution in [0.4, 0.5) is 0 Å². The average molecular weight is 207 g/mol. The maximum atomic E-state index is 5.65. The Labute approximate surface area is 90.4 Å². The summed E-state index contributed by atoms with van der Waals surface area (Å²) in [5.74, 6) is 1.74. The van der Waals surface area contributed by atoms with Gasteiger partial charge in [0.25, 0.3) is 0 Å². The van der Waals surface area contributed by atoms with E-state index in [-0.39, 0.29) is 0 Å². The van der Waals surface area contributed by atoms with Crippen LogP contribution in [0, 0.1) is 6.92 Å². The molecule has 1 heterocycles. The maximum absolute atomic E-state index is 5.65. The van der Waals surface area contributed by atoms with Gasteiger partial charge in [-0.05, 0) is 25.1 Å². The molecule has 0 aromatic heterocycles. The van der Waals surface area contributed by atoms with Gasteiger partial charge in [0, 0.05) is 5.56 Å². The molecule has 0 saturated heterocycles. The molecule has 0 aliphatic carbocycles. The molecular formula is C12H17NO2. The summed E-state index contributed by atoms with van der Waals surface area (Å²) in [6.07, 6.45) is 0. The number of methoxy groups -OCH3 is 1. The van der Waals surface area contributed by atoms with Crippen molar-refractivity contribution < 1.29 is 9.47 Å². The molecule has 0 fully saturated rings. The number of nitrogens with one attached hydrogen (secondary N) is 1. The van der Waals surface area contributed by atoms with Gasteiger partial charge in [0.2, 0.25) is 0 Å². The standard InChI is InChI=1S/C12H17NO2/c1-4-13-10-7-15-12-9(10)5-8(2)6-11(12)14-3/h5-6,10,13H,4,7H2,1-3H3. The number of rotatable bonds is 3. The van der Waals surface area contributed by atoms with Crippen molar-refractivity contribution in [3.8, 4) is 11.5 Å². The van der Waals surface area contributed by atoms with E-state index in [0.29, 0.717) is 12.6 Å². The second-order valence-electron chi connectivity index (χ2n) is 3.81. The molecule has 1 N–H and O–H groups in total. The van der Waals surface area contributed by atoms with Gasteiger partial charge in [0.1, 0.15) is 6.61 Å². The van der Waals surface area contributed by atoms with Crippen LogP contribution in [0.5, 0.6) is 11.5 Å². The lowest BCUT2D eigenvalue weighted by molar-refractivity contribution is 0.297. The molecule has 15 heavy (non-hydrogen) atoms. The van der Waals surface area contributed by atoms with Gasteiger partial charge >= 0.3 is 0 Å². The Morgan fingerprint density at radius 1 is 1.53 bits per heavy atom. The van der Waals surface area contributed by atoms with E-state index in [2.05, 4.69) is 25.2 Å². The zero-order chi connectivity index (χ0) is 10.8. The van der Waals surface area contributed by atoms with Crippen molar-refractivity contribution in [2.75, 3.05) is 20.3 Å². The van der Waals surface area contributed by atoms with Gasteiger partial charge in [0.15, 0.2) is 11.5 Å². The van der Waals surface area contributed by atoms with Crippen LogP contribution in [0.1, 0.15) is 24.1 Å². The lowest BCUT2D eigenvalue weighted by Crippen LogP contribution is -2.21. The van der Waals surface area contributed by atoms with E-state index in [1.807, 2.05) is 6.07 Å². The quantitative estimate of drug-likeness (QED) is 0.822. The van der Waals surface area contributed by atoms with Gasteiger partial charge in [-0.1, -0.05) is 13.0 Å². The molecule has 3 heteroatoms. The van der Waals surface area contributed by atoms with Gasteiger partial charge in [-0.15, -0.1) is 0 Å². The molecule has 2 rings (SSSR count). The van der Waals surface area contributed by atoms with Crippen LogP contribution < -0.4 is 14.8 Å². The van der Waals surface area contributed by atoms with Crippen molar-refractivity contribution >= 4 is 0 Å². The first-order valence-corrected chi connectivity index (χ1v) is 5.31.